The van der Waals surface area contributed by atoms with Gasteiger partial charge in [0.25, 0.3) is 5.91 Å². The standard InChI is InChI=1S/C22H29N3O/c1-6-24(5)16-23-21-14-17(3)20(13-18(21)4)22(26)25(7-2)15-19-11-9-8-10-12-19/h8-14,16H,6-7,15H2,1-5H3. The molecule has 0 heterocycles. The molecule has 0 spiro atoms. The Hall–Kier alpha value is -2.62. The second-order valence-corrected chi connectivity index (χ2v) is 6.58. The third-order valence-corrected chi connectivity index (χ3v) is 4.55. The second-order valence-electron chi connectivity index (χ2n) is 6.58. The summed E-state index contributed by atoms with van der Waals surface area (Å²) in [4.78, 5) is 21.5. The van der Waals surface area contributed by atoms with Crippen LogP contribution < -0.4 is 0 Å². The number of hydrogen-bond acceptors (Lipinski definition) is 2. The fourth-order valence-electron chi connectivity index (χ4n) is 2.71. The van der Waals surface area contributed by atoms with Gasteiger partial charge in [-0.05, 0) is 56.5 Å². The lowest BCUT2D eigenvalue weighted by Crippen LogP contribution is -2.30. The van der Waals surface area contributed by atoms with Gasteiger partial charge in [-0.15, -0.1) is 0 Å². The zero-order valence-electron chi connectivity index (χ0n) is 16.5. The maximum absolute atomic E-state index is 13.1. The van der Waals surface area contributed by atoms with Crippen LogP contribution in [0.15, 0.2) is 47.5 Å². The topological polar surface area (TPSA) is 35.9 Å². The van der Waals surface area contributed by atoms with Crippen LogP contribution >= 0.6 is 0 Å². The molecule has 0 aromatic heterocycles. The van der Waals surface area contributed by atoms with E-state index in [0.29, 0.717) is 13.1 Å². The molecule has 0 aliphatic carbocycles. The van der Waals surface area contributed by atoms with Gasteiger partial charge in [-0.3, -0.25) is 4.79 Å². The van der Waals surface area contributed by atoms with Crippen LogP contribution in [0.25, 0.3) is 0 Å². The smallest absolute Gasteiger partial charge is 0.254 e. The first-order valence-corrected chi connectivity index (χ1v) is 9.15. The Bertz CT molecular complexity index is 768. The third kappa shape index (κ3) is 4.94. The lowest BCUT2D eigenvalue weighted by atomic mass is 10.0. The summed E-state index contributed by atoms with van der Waals surface area (Å²) in [6.07, 6.45) is 1.83. The van der Waals surface area contributed by atoms with E-state index in [-0.39, 0.29) is 5.91 Å². The molecule has 1 amide bonds. The number of rotatable bonds is 7. The first kappa shape index (κ1) is 19.7. The fraction of sp³-hybridized carbons (Fsp3) is 0.364. The molecule has 2 aromatic rings. The Morgan fingerprint density at radius 2 is 1.73 bits per heavy atom. The van der Waals surface area contributed by atoms with Crippen molar-refractivity contribution in [2.45, 2.75) is 34.2 Å². The highest BCUT2D eigenvalue weighted by Crippen LogP contribution is 2.24. The molecule has 26 heavy (non-hydrogen) atoms. The molecular weight excluding hydrogens is 322 g/mol. The number of carbonyl (C=O) groups excluding carboxylic acids is 1. The van der Waals surface area contributed by atoms with Gasteiger partial charge in [0.2, 0.25) is 0 Å². The molecule has 4 nitrogen and oxygen atoms in total. The highest BCUT2D eigenvalue weighted by Gasteiger charge is 2.18. The van der Waals surface area contributed by atoms with Crippen molar-refractivity contribution in [3.05, 3.63) is 64.7 Å². The van der Waals surface area contributed by atoms with Gasteiger partial charge in [0.15, 0.2) is 0 Å². The van der Waals surface area contributed by atoms with Gasteiger partial charge in [-0.2, -0.15) is 0 Å². The third-order valence-electron chi connectivity index (χ3n) is 4.55. The number of amides is 1. The monoisotopic (exact) mass is 351 g/mol. The second kappa shape index (κ2) is 9.18. The lowest BCUT2D eigenvalue weighted by molar-refractivity contribution is 0.0752. The van der Waals surface area contributed by atoms with E-state index < -0.39 is 0 Å². The molecule has 0 bridgehead atoms. The van der Waals surface area contributed by atoms with Crippen LogP contribution in [-0.4, -0.2) is 42.2 Å². The van der Waals surface area contributed by atoms with E-state index >= 15 is 0 Å². The minimum atomic E-state index is 0.0677. The maximum atomic E-state index is 13.1. The van der Waals surface area contributed by atoms with Crippen molar-refractivity contribution < 1.29 is 4.79 Å². The molecule has 0 saturated carbocycles. The van der Waals surface area contributed by atoms with Crippen molar-refractivity contribution >= 4 is 17.9 Å². The molecule has 2 aromatic carbocycles. The average Bonchev–Trinajstić information content (AvgIpc) is 2.66. The summed E-state index contributed by atoms with van der Waals surface area (Å²) in [6, 6.07) is 14.1. The number of nitrogens with zero attached hydrogens (tertiary/aromatic N) is 3. The van der Waals surface area contributed by atoms with Crippen molar-refractivity contribution in [2.24, 2.45) is 4.99 Å². The molecule has 2 rings (SSSR count). The van der Waals surface area contributed by atoms with Crippen molar-refractivity contribution in [3.63, 3.8) is 0 Å². The molecular formula is C22H29N3O. The van der Waals surface area contributed by atoms with Crippen molar-refractivity contribution in [1.82, 2.24) is 9.80 Å². The van der Waals surface area contributed by atoms with Gasteiger partial charge in [-0.25, -0.2) is 4.99 Å². The van der Waals surface area contributed by atoms with E-state index in [1.165, 1.54) is 0 Å². The summed E-state index contributed by atoms with van der Waals surface area (Å²) >= 11 is 0. The van der Waals surface area contributed by atoms with E-state index in [0.717, 1.165) is 34.5 Å². The Morgan fingerprint density at radius 3 is 2.35 bits per heavy atom. The number of hydrogen-bond donors (Lipinski definition) is 0. The van der Waals surface area contributed by atoms with Gasteiger partial charge in [-0.1, -0.05) is 30.3 Å². The van der Waals surface area contributed by atoms with Crippen LogP contribution in [0.1, 0.15) is 40.9 Å². The van der Waals surface area contributed by atoms with Gasteiger partial charge >= 0.3 is 0 Å². The van der Waals surface area contributed by atoms with Crippen molar-refractivity contribution in [3.8, 4) is 0 Å². The molecule has 0 aliphatic rings. The van der Waals surface area contributed by atoms with Crippen LogP contribution in [0.2, 0.25) is 0 Å². The van der Waals surface area contributed by atoms with Gasteiger partial charge < -0.3 is 9.80 Å². The Balaban J connectivity index is 2.25. The largest absolute Gasteiger partial charge is 0.366 e. The summed E-state index contributed by atoms with van der Waals surface area (Å²) in [5, 5.41) is 0. The molecule has 0 unspecified atom stereocenters. The highest BCUT2D eigenvalue weighted by atomic mass is 16.2. The summed E-state index contributed by atoms with van der Waals surface area (Å²) in [5.41, 5.74) is 4.77. The highest BCUT2D eigenvalue weighted by molar-refractivity contribution is 5.96. The van der Waals surface area contributed by atoms with E-state index in [1.807, 2.05) is 74.3 Å². The minimum Gasteiger partial charge on any atom is -0.366 e. The number of benzene rings is 2. The number of aryl methyl sites for hydroxylation is 2. The molecule has 4 heteroatoms. The SMILES string of the molecule is CCN(C)C=Nc1cc(C)c(C(=O)N(CC)Cc2ccccc2)cc1C. The van der Waals surface area contributed by atoms with Crippen LogP contribution in [0.4, 0.5) is 5.69 Å². The molecule has 0 aliphatic heterocycles. The lowest BCUT2D eigenvalue weighted by Gasteiger charge is -2.22. The molecule has 0 radical (unpaired) electrons. The summed E-state index contributed by atoms with van der Waals surface area (Å²) in [5.74, 6) is 0.0677. The normalized spacial score (nSPS) is 11.0. The molecule has 0 fully saturated rings. The Labute approximate surface area is 157 Å². The van der Waals surface area contributed by atoms with Crippen LogP contribution in [0.3, 0.4) is 0 Å². The summed E-state index contributed by atoms with van der Waals surface area (Å²) in [6.45, 7) is 10.3. The molecule has 0 atom stereocenters. The van der Waals surface area contributed by atoms with Crippen molar-refractivity contribution in [2.75, 3.05) is 20.1 Å². The van der Waals surface area contributed by atoms with E-state index in [9.17, 15) is 4.79 Å². The zero-order valence-corrected chi connectivity index (χ0v) is 16.5. The fourth-order valence-corrected chi connectivity index (χ4v) is 2.71. The molecule has 138 valence electrons. The molecule has 0 saturated heterocycles. The Kier molecular flexibility index (Phi) is 6.96. The predicted molar refractivity (Wildman–Crippen MR) is 109 cm³/mol. The quantitative estimate of drug-likeness (QED) is 0.541. The minimum absolute atomic E-state index is 0.0677. The number of aliphatic imine (C=N–C) groups is 1. The van der Waals surface area contributed by atoms with Gasteiger partial charge in [0.1, 0.15) is 0 Å². The first-order valence-electron chi connectivity index (χ1n) is 9.15. The van der Waals surface area contributed by atoms with E-state index in [4.69, 9.17) is 0 Å². The van der Waals surface area contributed by atoms with Gasteiger partial charge in [0.05, 0.1) is 12.0 Å². The molecule has 0 N–H and O–H groups in total. The summed E-state index contributed by atoms with van der Waals surface area (Å²) in [7, 11) is 1.99. The number of carbonyl (C=O) groups is 1. The van der Waals surface area contributed by atoms with Crippen molar-refractivity contribution in [1.29, 1.82) is 0 Å². The maximum Gasteiger partial charge on any atom is 0.254 e. The predicted octanol–water partition coefficient (Wildman–Crippen LogP) is 4.58. The van der Waals surface area contributed by atoms with E-state index in [1.54, 1.807) is 0 Å². The van der Waals surface area contributed by atoms with Crippen LogP contribution in [0.5, 0.6) is 0 Å². The average molecular weight is 351 g/mol. The van der Waals surface area contributed by atoms with Crippen LogP contribution in [0, 0.1) is 13.8 Å². The first-order chi connectivity index (χ1) is 12.5. The zero-order chi connectivity index (χ0) is 19.1. The van der Waals surface area contributed by atoms with Gasteiger partial charge in [0, 0.05) is 32.2 Å². The van der Waals surface area contributed by atoms with E-state index in [2.05, 4.69) is 24.0 Å². The Morgan fingerprint density at radius 1 is 1.04 bits per heavy atom. The summed E-state index contributed by atoms with van der Waals surface area (Å²) < 4.78 is 0. The van der Waals surface area contributed by atoms with Crippen LogP contribution in [-0.2, 0) is 6.54 Å².